The van der Waals surface area contributed by atoms with Gasteiger partial charge in [0.05, 0.1) is 17.5 Å². The van der Waals surface area contributed by atoms with Gasteiger partial charge in [0.1, 0.15) is 0 Å². The third kappa shape index (κ3) is 3.50. The highest BCUT2D eigenvalue weighted by atomic mass is 79.9. The van der Waals surface area contributed by atoms with E-state index in [2.05, 4.69) is 21.2 Å². The molecule has 0 saturated carbocycles. The summed E-state index contributed by atoms with van der Waals surface area (Å²) in [4.78, 5) is 21.0. The second-order valence-corrected chi connectivity index (χ2v) is 4.37. The molecule has 1 aromatic rings. The molecule has 0 fully saturated rings. The van der Waals surface area contributed by atoms with E-state index in [0.29, 0.717) is 21.5 Å². The number of benzene rings is 1. The largest absolute Gasteiger partial charge is 0.481 e. The SMILES string of the molecule is O=CN[C@@H](CC(=O)O)c1ccc(Cl)c(Br)c1. The number of hydrogen-bond donors (Lipinski definition) is 2. The van der Waals surface area contributed by atoms with Crippen molar-refractivity contribution in [2.45, 2.75) is 12.5 Å². The topological polar surface area (TPSA) is 66.4 Å². The number of halogens is 2. The van der Waals surface area contributed by atoms with Crippen LogP contribution in [-0.2, 0) is 9.59 Å². The summed E-state index contributed by atoms with van der Waals surface area (Å²) in [5.41, 5.74) is 0.686. The van der Waals surface area contributed by atoms with Crippen LogP contribution in [0.1, 0.15) is 18.0 Å². The number of amides is 1. The molecule has 0 aliphatic rings. The van der Waals surface area contributed by atoms with Crippen LogP contribution in [0.3, 0.4) is 0 Å². The van der Waals surface area contributed by atoms with Crippen molar-refractivity contribution >= 4 is 39.9 Å². The minimum atomic E-state index is -0.981. The Kier molecular flexibility index (Phi) is 4.76. The summed E-state index contributed by atoms with van der Waals surface area (Å²) in [6.07, 6.45) is 0.308. The van der Waals surface area contributed by atoms with E-state index in [9.17, 15) is 9.59 Å². The standard InChI is InChI=1S/C10H9BrClNO3/c11-7-3-6(1-2-8(7)12)9(13-5-14)4-10(15)16/h1-3,5,9H,4H2,(H,13,14)(H,15,16)/t9-/m0/s1. The van der Waals surface area contributed by atoms with Gasteiger partial charge in [0, 0.05) is 4.47 Å². The summed E-state index contributed by atoms with van der Waals surface area (Å²) in [6.45, 7) is 0. The molecule has 6 heteroatoms. The van der Waals surface area contributed by atoms with Crippen molar-refractivity contribution < 1.29 is 14.7 Å². The van der Waals surface area contributed by atoms with Gasteiger partial charge in [-0.05, 0) is 33.6 Å². The van der Waals surface area contributed by atoms with Gasteiger partial charge in [-0.1, -0.05) is 17.7 Å². The van der Waals surface area contributed by atoms with Gasteiger partial charge in [-0.2, -0.15) is 0 Å². The van der Waals surface area contributed by atoms with Crippen molar-refractivity contribution in [1.82, 2.24) is 5.32 Å². The number of aliphatic carboxylic acids is 1. The molecule has 4 nitrogen and oxygen atoms in total. The number of carboxylic acids is 1. The van der Waals surface area contributed by atoms with Gasteiger partial charge in [0.2, 0.25) is 6.41 Å². The molecule has 1 aromatic carbocycles. The third-order valence-corrected chi connectivity index (χ3v) is 3.21. The molecule has 16 heavy (non-hydrogen) atoms. The zero-order valence-corrected chi connectivity index (χ0v) is 10.5. The lowest BCUT2D eigenvalue weighted by Gasteiger charge is -2.14. The van der Waals surface area contributed by atoms with Crippen LogP contribution >= 0.6 is 27.5 Å². The van der Waals surface area contributed by atoms with Gasteiger partial charge in [0.25, 0.3) is 0 Å². The predicted octanol–water partition coefficient (Wildman–Crippen LogP) is 2.36. The van der Waals surface area contributed by atoms with Crippen molar-refractivity contribution in [1.29, 1.82) is 0 Å². The van der Waals surface area contributed by atoms with Gasteiger partial charge >= 0.3 is 5.97 Å². The monoisotopic (exact) mass is 305 g/mol. The number of carbonyl (C=O) groups is 2. The Bertz CT molecular complexity index is 411. The van der Waals surface area contributed by atoms with Crippen LogP contribution in [0, 0.1) is 0 Å². The van der Waals surface area contributed by atoms with Crippen molar-refractivity contribution in [2.75, 3.05) is 0 Å². The minimum Gasteiger partial charge on any atom is -0.481 e. The van der Waals surface area contributed by atoms with E-state index in [4.69, 9.17) is 16.7 Å². The van der Waals surface area contributed by atoms with E-state index in [-0.39, 0.29) is 6.42 Å². The van der Waals surface area contributed by atoms with Crippen LogP contribution < -0.4 is 5.32 Å². The average molecular weight is 307 g/mol. The first-order valence-electron chi connectivity index (χ1n) is 4.41. The maximum atomic E-state index is 10.6. The molecule has 0 radical (unpaired) electrons. The molecule has 0 bridgehead atoms. The Morgan fingerprint density at radius 3 is 2.81 bits per heavy atom. The van der Waals surface area contributed by atoms with Crippen LogP contribution in [0.5, 0.6) is 0 Å². The Labute approximate surface area is 106 Å². The lowest BCUT2D eigenvalue weighted by Crippen LogP contribution is -2.22. The molecule has 0 aromatic heterocycles. The zero-order valence-electron chi connectivity index (χ0n) is 8.11. The molecule has 1 atom stereocenters. The van der Waals surface area contributed by atoms with Crippen LogP contribution in [-0.4, -0.2) is 17.5 Å². The first-order valence-corrected chi connectivity index (χ1v) is 5.58. The van der Waals surface area contributed by atoms with E-state index >= 15 is 0 Å². The van der Waals surface area contributed by atoms with E-state index in [1.807, 2.05) is 0 Å². The maximum Gasteiger partial charge on any atom is 0.305 e. The van der Waals surface area contributed by atoms with Gasteiger partial charge < -0.3 is 10.4 Å². The molecule has 0 aliphatic carbocycles. The number of hydrogen-bond acceptors (Lipinski definition) is 2. The molecule has 2 N–H and O–H groups in total. The fourth-order valence-corrected chi connectivity index (χ4v) is 1.77. The van der Waals surface area contributed by atoms with E-state index < -0.39 is 12.0 Å². The minimum absolute atomic E-state index is 0.174. The van der Waals surface area contributed by atoms with Crippen LogP contribution in [0.25, 0.3) is 0 Å². The van der Waals surface area contributed by atoms with Crippen LogP contribution in [0.15, 0.2) is 22.7 Å². The molecule has 0 spiro atoms. The molecule has 1 amide bonds. The molecule has 0 aliphatic heterocycles. The predicted molar refractivity (Wildman–Crippen MR) is 63.3 cm³/mol. The number of carboxylic acid groups (broad SMARTS) is 1. The van der Waals surface area contributed by atoms with Gasteiger partial charge in [-0.15, -0.1) is 0 Å². The normalized spacial score (nSPS) is 11.9. The fourth-order valence-electron chi connectivity index (χ4n) is 1.26. The molecular weight excluding hydrogens is 297 g/mol. The van der Waals surface area contributed by atoms with Crippen LogP contribution in [0.4, 0.5) is 0 Å². The molecule has 0 saturated heterocycles. The smallest absolute Gasteiger partial charge is 0.305 e. The lowest BCUT2D eigenvalue weighted by molar-refractivity contribution is -0.137. The summed E-state index contributed by atoms with van der Waals surface area (Å²) >= 11 is 9.05. The Hall–Kier alpha value is -1.07. The third-order valence-electron chi connectivity index (χ3n) is 1.99. The second kappa shape index (κ2) is 5.86. The van der Waals surface area contributed by atoms with Crippen molar-refractivity contribution in [2.24, 2.45) is 0 Å². The Morgan fingerprint density at radius 2 is 2.31 bits per heavy atom. The lowest BCUT2D eigenvalue weighted by atomic mass is 10.0. The average Bonchev–Trinajstić information content (AvgIpc) is 2.21. The number of nitrogens with one attached hydrogen (secondary N) is 1. The molecule has 1 rings (SSSR count). The summed E-state index contributed by atoms with van der Waals surface area (Å²) in [5, 5.41) is 11.7. The zero-order chi connectivity index (χ0) is 12.1. The first-order chi connectivity index (χ1) is 7.54. The highest BCUT2D eigenvalue weighted by molar-refractivity contribution is 9.10. The Balaban J connectivity index is 2.95. The van der Waals surface area contributed by atoms with E-state index in [0.717, 1.165) is 0 Å². The van der Waals surface area contributed by atoms with Gasteiger partial charge in [-0.25, -0.2) is 0 Å². The number of rotatable bonds is 5. The summed E-state index contributed by atoms with van der Waals surface area (Å²) in [6, 6.07) is 4.45. The summed E-state index contributed by atoms with van der Waals surface area (Å²) in [5.74, 6) is -0.981. The molecule has 0 heterocycles. The molecular formula is C10H9BrClNO3. The quantitative estimate of drug-likeness (QED) is 0.821. The second-order valence-electron chi connectivity index (χ2n) is 3.11. The summed E-state index contributed by atoms with van der Waals surface area (Å²) < 4.78 is 0.662. The highest BCUT2D eigenvalue weighted by Crippen LogP contribution is 2.27. The summed E-state index contributed by atoms with van der Waals surface area (Å²) in [7, 11) is 0. The first kappa shape index (κ1) is 13.0. The fraction of sp³-hybridized carbons (Fsp3) is 0.200. The molecule has 0 unspecified atom stereocenters. The molecule has 86 valence electrons. The van der Waals surface area contributed by atoms with Gasteiger partial charge in [-0.3, -0.25) is 9.59 Å². The highest BCUT2D eigenvalue weighted by Gasteiger charge is 2.15. The van der Waals surface area contributed by atoms with Crippen molar-refractivity contribution in [3.8, 4) is 0 Å². The Morgan fingerprint density at radius 1 is 1.62 bits per heavy atom. The van der Waals surface area contributed by atoms with E-state index in [1.165, 1.54) is 0 Å². The maximum absolute atomic E-state index is 10.6. The van der Waals surface area contributed by atoms with Crippen molar-refractivity contribution in [3.63, 3.8) is 0 Å². The van der Waals surface area contributed by atoms with Crippen molar-refractivity contribution in [3.05, 3.63) is 33.3 Å². The van der Waals surface area contributed by atoms with Crippen LogP contribution in [0.2, 0.25) is 5.02 Å². The van der Waals surface area contributed by atoms with Gasteiger partial charge in [0.15, 0.2) is 0 Å². The number of carbonyl (C=O) groups excluding carboxylic acids is 1. The van der Waals surface area contributed by atoms with E-state index in [1.54, 1.807) is 18.2 Å².